The van der Waals surface area contributed by atoms with Crippen molar-refractivity contribution >= 4 is 5.91 Å². The van der Waals surface area contributed by atoms with E-state index in [9.17, 15) is 4.79 Å². The lowest BCUT2D eigenvalue weighted by atomic mass is 9.87. The van der Waals surface area contributed by atoms with Gasteiger partial charge in [-0.3, -0.25) is 4.79 Å². The summed E-state index contributed by atoms with van der Waals surface area (Å²) in [6.07, 6.45) is 6.86. The topological polar surface area (TPSA) is 29.5 Å². The molecule has 0 bridgehead atoms. The maximum atomic E-state index is 12.6. The minimum atomic E-state index is 0.281. The number of fused-ring (bicyclic) bond motifs is 1. The summed E-state index contributed by atoms with van der Waals surface area (Å²) in [5.74, 6) is 1.57. The fourth-order valence-corrected chi connectivity index (χ4v) is 3.45. The normalized spacial score (nSPS) is 19.6. The zero-order valence-electron chi connectivity index (χ0n) is 12.2. The fourth-order valence-electron chi connectivity index (χ4n) is 3.45. The van der Waals surface area contributed by atoms with Crippen LogP contribution in [0.1, 0.15) is 43.2 Å². The number of carbonyl (C=O) groups is 1. The molecule has 1 aliphatic carbocycles. The molecule has 1 fully saturated rings. The van der Waals surface area contributed by atoms with Crippen molar-refractivity contribution in [1.82, 2.24) is 4.90 Å². The van der Waals surface area contributed by atoms with Gasteiger partial charge in [-0.1, -0.05) is 25.3 Å². The van der Waals surface area contributed by atoms with Crippen LogP contribution in [-0.4, -0.2) is 24.5 Å². The van der Waals surface area contributed by atoms with E-state index in [1.165, 1.54) is 30.4 Å². The Kier molecular flexibility index (Phi) is 3.95. The second-order valence-electron chi connectivity index (χ2n) is 5.98. The van der Waals surface area contributed by atoms with Gasteiger partial charge in [-0.25, -0.2) is 0 Å². The molecule has 1 amide bonds. The highest BCUT2D eigenvalue weighted by atomic mass is 16.5. The number of benzene rings is 1. The summed E-state index contributed by atoms with van der Waals surface area (Å²) in [7, 11) is 1.70. The zero-order valence-corrected chi connectivity index (χ0v) is 12.2. The van der Waals surface area contributed by atoms with Crippen LogP contribution in [0.4, 0.5) is 0 Å². The van der Waals surface area contributed by atoms with Crippen LogP contribution in [0.5, 0.6) is 5.75 Å². The van der Waals surface area contributed by atoms with Crippen LogP contribution in [0.2, 0.25) is 0 Å². The molecule has 0 spiro atoms. The average molecular weight is 273 g/mol. The van der Waals surface area contributed by atoms with Crippen LogP contribution in [0.15, 0.2) is 18.2 Å². The molecule has 0 unspecified atom stereocenters. The van der Waals surface area contributed by atoms with E-state index in [0.29, 0.717) is 5.91 Å². The van der Waals surface area contributed by atoms with Crippen LogP contribution >= 0.6 is 0 Å². The Morgan fingerprint density at radius 1 is 1.20 bits per heavy atom. The van der Waals surface area contributed by atoms with Gasteiger partial charge >= 0.3 is 0 Å². The van der Waals surface area contributed by atoms with Crippen molar-refractivity contribution in [3.05, 3.63) is 29.3 Å². The highest BCUT2D eigenvalue weighted by Crippen LogP contribution is 2.29. The van der Waals surface area contributed by atoms with E-state index in [0.717, 1.165) is 38.1 Å². The molecule has 1 heterocycles. The number of ether oxygens (including phenoxy) is 1. The minimum absolute atomic E-state index is 0.281. The SMILES string of the molecule is COc1ccc2c(c1)CCN(C(=O)C1CCCCC1)C2. The summed E-state index contributed by atoms with van der Waals surface area (Å²) in [6.45, 7) is 1.63. The molecule has 1 aromatic carbocycles. The third-order valence-electron chi connectivity index (χ3n) is 4.69. The van der Waals surface area contributed by atoms with E-state index in [1.54, 1.807) is 7.11 Å². The number of methoxy groups -OCH3 is 1. The molecule has 20 heavy (non-hydrogen) atoms. The molecule has 0 N–H and O–H groups in total. The molecule has 3 nitrogen and oxygen atoms in total. The Hall–Kier alpha value is -1.51. The summed E-state index contributed by atoms with van der Waals surface area (Å²) in [5.41, 5.74) is 2.61. The Balaban J connectivity index is 1.70. The van der Waals surface area contributed by atoms with E-state index < -0.39 is 0 Å². The molecule has 0 aromatic heterocycles. The minimum Gasteiger partial charge on any atom is -0.497 e. The summed E-state index contributed by atoms with van der Waals surface area (Å²) >= 11 is 0. The first kappa shape index (κ1) is 13.5. The predicted octanol–water partition coefficient (Wildman–Crippen LogP) is 3.16. The second kappa shape index (κ2) is 5.86. The number of nitrogens with zero attached hydrogens (tertiary/aromatic N) is 1. The molecule has 3 rings (SSSR count). The van der Waals surface area contributed by atoms with Crippen LogP contribution in [0.3, 0.4) is 0 Å². The lowest BCUT2D eigenvalue weighted by molar-refractivity contribution is -0.137. The van der Waals surface area contributed by atoms with Crippen molar-refractivity contribution in [3.8, 4) is 5.75 Å². The van der Waals surface area contributed by atoms with Gasteiger partial charge in [-0.15, -0.1) is 0 Å². The lowest BCUT2D eigenvalue weighted by Crippen LogP contribution is -2.40. The van der Waals surface area contributed by atoms with Crippen molar-refractivity contribution in [1.29, 1.82) is 0 Å². The Morgan fingerprint density at radius 3 is 2.75 bits per heavy atom. The molecule has 0 radical (unpaired) electrons. The van der Waals surface area contributed by atoms with Gasteiger partial charge in [-0.05, 0) is 42.5 Å². The van der Waals surface area contributed by atoms with E-state index >= 15 is 0 Å². The Bertz CT molecular complexity index is 492. The molecule has 0 atom stereocenters. The van der Waals surface area contributed by atoms with Crippen LogP contribution in [-0.2, 0) is 17.8 Å². The van der Waals surface area contributed by atoms with Crippen LogP contribution < -0.4 is 4.74 Å². The van der Waals surface area contributed by atoms with Crippen molar-refractivity contribution in [3.63, 3.8) is 0 Å². The third kappa shape index (κ3) is 2.67. The van der Waals surface area contributed by atoms with Crippen LogP contribution in [0.25, 0.3) is 0 Å². The van der Waals surface area contributed by atoms with Crippen LogP contribution in [0, 0.1) is 5.92 Å². The average Bonchev–Trinajstić information content (AvgIpc) is 2.54. The van der Waals surface area contributed by atoms with E-state index in [2.05, 4.69) is 17.0 Å². The van der Waals surface area contributed by atoms with Crippen molar-refractivity contribution in [2.45, 2.75) is 45.1 Å². The molecule has 0 saturated heterocycles. The van der Waals surface area contributed by atoms with Crippen molar-refractivity contribution in [2.75, 3.05) is 13.7 Å². The summed E-state index contributed by atoms with van der Waals surface area (Å²) < 4.78 is 5.27. The first-order valence-corrected chi connectivity index (χ1v) is 7.72. The van der Waals surface area contributed by atoms with Crippen molar-refractivity contribution < 1.29 is 9.53 Å². The monoisotopic (exact) mass is 273 g/mol. The van der Waals surface area contributed by atoms with Gasteiger partial charge < -0.3 is 9.64 Å². The number of rotatable bonds is 2. The highest BCUT2D eigenvalue weighted by molar-refractivity contribution is 5.79. The maximum absolute atomic E-state index is 12.6. The molecular formula is C17H23NO2. The standard InChI is InChI=1S/C17H23NO2/c1-20-16-8-7-15-12-18(10-9-14(15)11-16)17(19)13-5-3-2-4-6-13/h7-8,11,13H,2-6,9-10,12H2,1H3. The fraction of sp³-hybridized carbons (Fsp3) is 0.588. The van der Waals surface area contributed by atoms with Gasteiger partial charge in [-0.2, -0.15) is 0 Å². The Labute approximate surface area is 120 Å². The molecule has 108 valence electrons. The molecule has 1 aromatic rings. The van der Waals surface area contributed by atoms with Gasteiger partial charge in [0.1, 0.15) is 5.75 Å². The quantitative estimate of drug-likeness (QED) is 0.828. The predicted molar refractivity (Wildman–Crippen MR) is 78.7 cm³/mol. The second-order valence-corrected chi connectivity index (χ2v) is 5.98. The molecule has 1 aliphatic heterocycles. The number of carbonyl (C=O) groups excluding carboxylic acids is 1. The van der Waals surface area contributed by atoms with Gasteiger partial charge in [0.05, 0.1) is 7.11 Å². The van der Waals surface area contributed by atoms with Crippen molar-refractivity contribution in [2.24, 2.45) is 5.92 Å². The molecule has 2 aliphatic rings. The number of hydrogen-bond donors (Lipinski definition) is 0. The molecular weight excluding hydrogens is 250 g/mol. The first-order chi connectivity index (χ1) is 9.78. The number of hydrogen-bond acceptors (Lipinski definition) is 2. The van der Waals surface area contributed by atoms with E-state index in [4.69, 9.17) is 4.74 Å². The van der Waals surface area contributed by atoms with Gasteiger partial charge in [0.15, 0.2) is 0 Å². The zero-order chi connectivity index (χ0) is 13.9. The summed E-state index contributed by atoms with van der Waals surface area (Å²) in [5, 5.41) is 0. The highest BCUT2D eigenvalue weighted by Gasteiger charge is 2.28. The smallest absolute Gasteiger partial charge is 0.225 e. The van der Waals surface area contributed by atoms with Gasteiger partial charge in [0.25, 0.3) is 0 Å². The lowest BCUT2D eigenvalue weighted by Gasteiger charge is -2.33. The van der Waals surface area contributed by atoms with Gasteiger partial charge in [0.2, 0.25) is 5.91 Å². The molecule has 3 heteroatoms. The summed E-state index contributed by atoms with van der Waals surface area (Å²) in [6, 6.07) is 6.21. The van der Waals surface area contributed by atoms with E-state index in [1.807, 2.05) is 6.07 Å². The van der Waals surface area contributed by atoms with E-state index in [-0.39, 0.29) is 5.92 Å². The Morgan fingerprint density at radius 2 is 2.00 bits per heavy atom. The van der Waals surface area contributed by atoms with Gasteiger partial charge in [0, 0.05) is 19.0 Å². The maximum Gasteiger partial charge on any atom is 0.225 e. The summed E-state index contributed by atoms with van der Waals surface area (Å²) in [4.78, 5) is 14.6. The largest absolute Gasteiger partial charge is 0.497 e. The third-order valence-corrected chi connectivity index (χ3v) is 4.69. The first-order valence-electron chi connectivity index (χ1n) is 7.72. The molecule has 1 saturated carbocycles. The number of amides is 1.